The maximum absolute atomic E-state index is 5.68. The maximum atomic E-state index is 5.68. The first-order valence-electron chi connectivity index (χ1n) is 5.94. The minimum absolute atomic E-state index is 0.536. The molecular weight excluding hydrogens is 324 g/mol. The standard InChI is InChI=1S/C14H15BrN2OS/c15-12-4-5-14(17-10-12)19-7-6-18-13-3-1-2-11(8-13)9-16/h1-5,8,10H,6-7,9,16H2. The number of aromatic nitrogens is 1. The summed E-state index contributed by atoms with van der Waals surface area (Å²) >= 11 is 5.04. The van der Waals surface area contributed by atoms with Crippen molar-refractivity contribution in [2.24, 2.45) is 5.73 Å². The summed E-state index contributed by atoms with van der Waals surface area (Å²) in [7, 11) is 0. The molecule has 0 saturated carbocycles. The van der Waals surface area contributed by atoms with Gasteiger partial charge in [0, 0.05) is 23.0 Å². The highest BCUT2D eigenvalue weighted by Gasteiger charge is 1.98. The molecule has 100 valence electrons. The second-order valence-electron chi connectivity index (χ2n) is 3.86. The second kappa shape index (κ2) is 7.53. The zero-order chi connectivity index (χ0) is 13.5. The van der Waals surface area contributed by atoms with E-state index in [4.69, 9.17) is 10.5 Å². The first-order chi connectivity index (χ1) is 9.28. The van der Waals surface area contributed by atoms with E-state index in [-0.39, 0.29) is 0 Å². The SMILES string of the molecule is NCc1cccc(OCCSc2ccc(Br)cn2)c1. The van der Waals surface area contributed by atoms with E-state index in [9.17, 15) is 0 Å². The number of halogens is 1. The molecule has 1 heterocycles. The normalized spacial score (nSPS) is 10.4. The first-order valence-corrected chi connectivity index (χ1v) is 7.72. The van der Waals surface area contributed by atoms with Gasteiger partial charge >= 0.3 is 0 Å². The molecule has 0 spiro atoms. The topological polar surface area (TPSA) is 48.1 Å². The van der Waals surface area contributed by atoms with Crippen LogP contribution in [0, 0.1) is 0 Å². The molecule has 5 heteroatoms. The fourth-order valence-corrected chi connectivity index (χ4v) is 2.42. The average Bonchev–Trinajstić information content (AvgIpc) is 2.46. The Morgan fingerprint density at radius 3 is 2.89 bits per heavy atom. The lowest BCUT2D eigenvalue weighted by Gasteiger charge is -2.07. The van der Waals surface area contributed by atoms with E-state index in [2.05, 4.69) is 20.9 Å². The van der Waals surface area contributed by atoms with E-state index in [0.717, 1.165) is 26.6 Å². The summed E-state index contributed by atoms with van der Waals surface area (Å²) in [4.78, 5) is 4.29. The Balaban J connectivity index is 1.75. The van der Waals surface area contributed by atoms with Crippen LogP contribution in [0.3, 0.4) is 0 Å². The maximum Gasteiger partial charge on any atom is 0.119 e. The molecule has 0 unspecified atom stereocenters. The van der Waals surface area contributed by atoms with Crippen molar-refractivity contribution < 1.29 is 4.74 Å². The van der Waals surface area contributed by atoms with Crippen LogP contribution >= 0.6 is 27.7 Å². The van der Waals surface area contributed by atoms with Gasteiger partial charge in [-0.25, -0.2) is 4.98 Å². The van der Waals surface area contributed by atoms with Crippen LogP contribution in [0.25, 0.3) is 0 Å². The van der Waals surface area contributed by atoms with E-state index < -0.39 is 0 Å². The molecule has 1 aromatic carbocycles. The number of hydrogen-bond acceptors (Lipinski definition) is 4. The van der Waals surface area contributed by atoms with Crippen LogP contribution in [0.2, 0.25) is 0 Å². The molecule has 19 heavy (non-hydrogen) atoms. The van der Waals surface area contributed by atoms with E-state index in [1.54, 1.807) is 18.0 Å². The number of thioether (sulfide) groups is 1. The molecule has 0 aliphatic carbocycles. The van der Waals surface area contributed by atoms with Crippen LogP contribution in [0.15, 0.2) is 52.1 Å². The molecule has 0 radical (unpaired) electrons. The highest BCUT2D eigenvalue weighted by Crippen LogP contribution is 2.18. The fraction of sp³-hybridized carbons (Fsp3) is 0.214. The average molecular weight is 339 g/mol. The van der Waals surface area contributed by atoms with Gasteiger partial charge in [-0.1, -0.05) is 12.1 Å². The molecule has 0 bridgehead atoms. The van der Waals surface area contributed by atoms with Crippen LogP contribution in [-0.2, 0) is 6.54 Å². The van der Waals surface area contributed by atoms with Crippen LogP contribution in [0.4, 0.5) is 0 Å². The molecule has 0 amide bonds. The highest BCUT2D eigenvalue weighted by molar-refractivity contribution is 9.10. The van der Waals surface area contributed by atoms with Crippen molar-refractivity contribution in [3.8, 4) is 5.75 Å². The summed E-state index contributed by atoms with van der Waals surface area (Å²) in [6, 6.07) is 11.9. The molecule has 0 saturated heterocycles. The Hall–Kier alpha value is -1.04. The van der Waals surface area contributed by atoms with Gasteiger partial charge in [0.25, 0.3) is 0 Å². The van der Waals surface area contributed by atoms with Crippen LogP contribution in [0.1, 0.15) is 5.56 Å². The van der Waals surface area contributed by atoms with Gasteiger partial charge in [0.2, 0.25) is 0 Å². The summed E-state index contributed by atoms with van der Waals surface area (Å²) in [6.07, 6.45) is 1.80. The van der Waals surface area contributed by atoms with E-state index in [1.807, 2.05) is 36.4 Å². The number of nitrogens with zero attached hydrogens (tertiary/aromatic N) is 1. The third-order valence-corrected chi connectivity index (χ3v) is 3.81. The zero-order valence-electron chi connectivity index (χ0n) is 10.4. The van der Waals surface area contributed by atoms with Gasteiger partial charge in [0.15, 0.2) is 0 Å². The van der Waals surface area contributed by atoms with Crippen molar-refractivity contribution in [1.82, 2.24) is 4.98 Å². The van der Waals surface area contributed by atoms with Crippen molar-refractivity contribution in [3.63, 3.8) is 0 Å². The Bertz CT molecular complexity index is 519. The lowest BCUT2D eigenvalue weighted by atomic mass is 10.2. The highest BCUT2D eigenvalue weighted by atomic mass is 79.9. The predicted octanol–water partition coefficient (Wildman–Crippen LogP) is 3.47. The number of nitrogens with two attached hydrogens (primary N) is 1. The first kappa shape index (κ1) is 14.4. The quantitative estimate of drug-likeness (QED) is 0.647. The summed E-state index contributed by atoms with van der Waals surface area (Å²) < 4.78 is 6.67. The van der Waals surface area contributed by atoms with Crippen LogP contribution < -0.4 is 10.5 Å². The van der Waals surface area contributed by atoms with Crippen molar-refractivity contribution >= 4 is 27.7 Å². The van der Waals surface area contributed by atoms with Gasteiger partial charge in [-0.3, -0.25) is 0 Å². The van der Waals surface area contributed by atoms with Gasteiger partial charge in [-0.2, -0.15) is 0 Å². The summed E-state index contributed by atoms with van der Waals surface area (Å²) in [6.45, 7) is 1.19. The van der Waals surface area contributed by atoms with E-state index in [1.165, 1.54) is 0 Å². The fourth-order valence-electron chi connectivity index (χ4n) is 1.52. The Morgan fingerprint density at radius 2 is 2.16 bits per heavy atom. The number of pyridine rings is 1. The molecule has 1 aromatic heterocycles. The number of benzene rings is 1. The van der Waals surface area contributed by atoms with E-state index in [0.29, 0.717) is 13.2 Å². The van der Waals surface area contributed by atoms with Crippen molar-refractivity contribution in [1.29, 1.82) is 0 Å². The Labute approximate surface area is 125 Å². The smallest absolute Gasteiger partial charge is 0.119 e. The third kappa shape index (κ3) is 4.86. The minimum atomic E-state index is 0.536. The molecule has 0 aliphatic rings. The predicted molar refractivity (Wildman–Crippen MR) is 82.5 cm³/mol. The van der Waals surface area contributed by atoms with Crippen molar-refractivity contribution in [2.75, 3.05) is 12.4 Å². The zero-order valence-corrected chi connectivity index (χ0v) is 12.8. The summed E-state index contributed by atoms with van der Waals surface area (Å²) in [5.74, 6) is 1.73. The lowest BCUT2D eigenvalue weighted by Crippen LogP contribution is -2.02. The molecule has 2 N–H and O–H groups in total. The van der Waals surface area contributed by atoms with Crippen LogP contribution in [0.5, 0.6) is 5.75 Å². The Kier molecular flexibility index (Phi) is 5.69. The number of hydrogen-bond donors (Lipinski definition) is 1. The van der Waals surface area contributed by atoms with Crippen molar-refractivity contribution in [3.05, 3.63) is 52.6 Å². The third-order valence-electron chi connectivity index (χ3n) is 2.44. The molecule has 0 aliphatic heterocycles. The number of ether oxygens (including phenoxy) is 1. The van der Waals surface area contributed by atoms with Crippen molar-refractivity contribution in [2.45, 2.75) is 11.6 Å². The molecular formula is C14H15BrN2OS. The van der Waals surface area contributed by atoms with Gasteiger partial charge in [0.1, 0.15) is 5.75 Å². The largest absolute Gasteiger partial charge is 0.493 e. The number of rotatable bonds is 6. The Morgan fingerprint density at radius 1 is 1.26 bits per heavy atom. The molecule has 2 aromatic rings. The second-order valence-corrected chi connectivity index (χ2v) is 5.89. The monoisotopic (exact) mass is 338 g/mol. The molecule has 0 fully saturated rings. The van der Waals surface area contributed by atoms with Gasteiger partial charge in [-0.15, -0.1) is 11.8 Å². The van der Waals surface area contributed by atoms with Gasteiger partial charge in [0.05, 0.1) is 11.6 Å². The van der Waals surface area contributed by atoms with Crippen LogP contribution in [-0.4, -0.2) is 17.3 Å². The van der Waals surface area contributed by atoms with Gasteiger partial charge in [-0.05, 0) is 45.8 Å². The molecule has 2 rings (SSSR count). The molecule has 0 atom stereocenters. The van der Waals surface area contributed by atoms with E-state index >= 15 is 0 Å². The minimum Gasteiger partial charge on any atom is -0.493 e. The lowest BCUT2D eigenvalue weighted by molar-refractivity contribution is 0.343. The summed E-state index contributed by atoms with van der Waals surface area (Å²) in [5, 5.41) is 1.00. The van der Waals surface area contributed by atoms with Gasteiger partial charge < -0.3 is 10.5 Å². The summed E-state index contributed by atoms with van der Waals surface area (Å²) in [5.41, 5.74) is 6.67. The molecule has 3 nitrogen and oxygen atoms in total.